The van der Waals surface area contributed by atoms with Crippen LogP contribution in [0.25, 0.3) is 17.1 Å². The van der Waals surface area contributed by atoms with Gasteiger partial charge in [0, 0.05) is 36.8 Å². The Hall–Kier alpha value is -4.08. The van der Waals surface area contributed by atoms with Crippen LogP contribution in [0, 0.1) is 5.82 Å². The number of aliphatic hydroxyl groups is 1. The Kier molecular flexibility index (Phi) is 7.93. The normalized spacial score (nSPS) is 14.8. The predicted octanol–water partition coefficient (Wildman–Crippen LogP) is 2.10. The molecule has 0 saturated carbocycles. The van der Waals surface area contributed by atoms with Crippen molar-refractivity contribution in [2.24, 2.45) is 0 Å². The van der Waals surface area contributed by atoms with Crippen molar-refractivity contribution >= 4 is 17.5 Å². The van der Waals surface area contributed by atoms with E-state index in [0.717, 1.165) is 15.4 Å². The molecule has 1 unspecified atom stereocenters. The molecule has 1 atom stereocenters. The van der Waals surface area contributed by atoms with E-state index in [1.54, 1.807) is 4.90 Å². The van der Waals surface area contributed by atoms with Gasteiger partial charge in [-0.25, -0.2) is 23.5 Å². The monoisotopic (exact) mass is 594 g/mol. The minimum Gasteiger partial charge on any atom is -0.382 e. The molecule has 2 N–H and O–H groups in total. The van der Waals surface area contributed by atoms with Crippen molar-refractivity contribution in [3.05, 3.63) is 81.5 Å². The van der Waals surface area contributed by atoms with Crippen molar-refractivity contribution in [1.29, 1.82) is 0 Å². The highest BCUT2D eigenvalue weighted by atomic mass is 35.5. The van der Waals surface area contributed by atoms with Crippen LogP contribution in [0.5, 0.6) is 0 Å². The average molecular weight is 595 g/mol. The summed E-state index contributed by atoms with van der Waals surface area (Å²) in [6.45, 7) is 0.393. The number of hydrogen-bond acceptors (Lipinski definition) is 7. The van der Waals surface area contributed by atoms with Gasteiger partial charge in [-0.2, -0.15) is 13.2 Å². The highest BCUT2D eigenvalue weighted by Crippen LogP contribution is 2.24. The maximum atomic E-state index is 14.0. The van der Waals surface area contributed by atoms with E-state index in [2.05, 4.69) is 20.5 Å². The molecule has 2 aromatic carbocycles. The largest absolute Gasteiger partial charge is 0.416 e. The quantitative estimate of drug-likeness (QED) is 0.314. The van der Waals surface area contributed by atoms with Crippen LogP contribution in [0.3, 0.4) is 0 Å². The molecule has 216 valence electrons. The van der Waals surface area contributed by atoms with Gasteiger partial charge in [0.15, 0.2) is 17.8 Å². The highest BCUT2D eigenvalue weighted by molar-refractivity contribution is 6.30. The first-order valence-corrected chi connectivity index (χ1v) is 12.8. The lowest BCUT2D eigenvalue weighted by Gasteiger charge is -2.26. The summed E-state index contributed by atoms with van der Waals surface area (Å²) >= 11 is 5.93. The number of rotatable bonds is 7. The van der Waals surface area contributed by atoms with E-state index in [0.29, 0.717) is 35.8 Å². The Morgan fingerprint density at radius 3 is 2.46 bits per heavy atom. The molecule has 0 radical (unpaired) electrons. The second-order valence-electron chi connectivity index (χ2n) is 9.22. The zero-order chi connectivity index (χ0) is 29.3. The maximum absolute atomic E-state index is 14.0. The van der Waals surface area contributed by atoms with Crippen molar-refractivity contribution in [3.8, 4) is 17.1 Å². The van der Waals surface area contributed by atoms with Gasteiger partial charge in [-0.05, 0) is 42.5 Å². The van der Waals surface area contributed by atoms with Gasteiger partial charge in [0.25, 0.3) is 5.91 Å². The number of aliphatic hydroxyl groups excluding tert-OH is 1. The number of halogens is 5. The van der Waals surface area contributed by atoms with Gasteiger partial charge in [0.2, 0.25) is 5.82 Å². The number of piperazine rings is 1. The SMILES string of the molecule is O=C(c1nc(Cn2nc(-c3ccc(Cl)cc3)n(CC(O)C(F)(F)F)c2=O)nn1-c1cccc(F)c1)N1CCNCC1. The summed E-state index contributed by atoms with van der Waals surface area (Å²) < 4.78 is 56.2. The van der Waals surface area contributed by atoms with E-state index in [-0.39, 0.29) is 28.7 Å². The molecule has 1 aliphatic heterocycles. The van der Waals surface area contributed by atoms with E-state index < -0.39 is 42.8 Å². The summed E-state index contributed by atoms with van der Waals surface area (Å²) in [7, 11) is 0. The van der Waals surface area contributed by atoms with Gasteiger partial charge in [-0.3, -0.25) is 9.36 Å². The average Bonchev–Trinajstić information content (AvgIpc) is 3.50. The Balaban J connectivity index is 1.56. The molecule has 1 amide bonds. The molecular weight excluding hydrogens is 572 g/mol. The van der Waals surface area contributed by atoms with Crippen LogP contribution >= 0.6 is 11.6 Å². The van der Waals surface area contributed by atoms with Crippen LogP contribution in [0.1, 0.15) is 16.4 Å². The molecular formula is C25H23ClF4N8O3. The van der Waals surface area contributed by atoms with Crippen LogP contribution < -0.4 is 11.0 Å². The molecule has 0 spiro atoms. The lowest BCUT2D eigenvalue weighted by molar-refractivity contribution is -0.207. The molecule has 1 fully saturated rings. The fraction of sp³-hybridized carbons (Fsp3) is 0.320. The number of benzene rings is 2. The van der Waals surface area contributed by atoms with E-state index in [1.165, 1.54) is 42.5 Å². The summed E-state index contributed by atoms with van der Waals surface area (Å²) in [5.41, 5.74) is -0.502. The Bertz CT molecular complexity index is 1610. The van der Waals surface area contributed by atoms with Gasteiger partial charge in [-0.15, -0.1) is 10.2 Å². The number of carbonyl (C=O) groups excluding carboxylic acids is 1. The van der Waals surface area contributed by atoms with Crippen molar-refractivity contribution in [2.45, 2.75) is 25.4 Å². The molecule has 11 nitrogen and oxygen atoms in total. The molecule has 4 aromatic rings. The third-order valence-corrected chi connectivity index (χ3v) is 6.60. The molecule has 2 aromatic heterocycles. The lowest BCUT2D eigenvalue weighted by atomic mass is 10.2. The van der Waals surface area contributed by atoms with E-state index >= 15 is 0 Å². The van der Waals surface area contributed by atoms with Crippen LogP contribution in [0.15, 0.2) is 53.3 Å². The summed E-state index contributed by atoms with van der Waals surface area (Å²) in [6.07, 6.45) is -7.82. The Morgan fingerprint density at radius 2 is 1.80 bits per heavy atom. The minimum atomic E-state index is -4.98. The third-order valence-electron chi connectivity index (χ3n) is 6.35. The zero-order valence-corrected chi connectivity index (χ0v) is 22.0. The third kappa shape index (κ3) is 6.16. The first-order chi connectivity index (χ1) is 19.5. The fourth-order valence-electron chi connectivity index (χ4n) is 4.29. The smallest absolute Gasteiger partial charge is 0.382 e. The van der Waals surface area contributed by atoms with Crippen molar-refractivity contribution in [2.75, 3.05) is 26.2 Å². The van der Waals surface area contributed by atoms with Crippen LogP contribution in [0.2, 0.25) is 5.02 Å². The zero-order valence-electron chi connectivity index (χ0n) is 21.2. The summed E-state index contributed by atoms with van der Waals surface area (Å²) in [6, 6.07) is 11.2. The fourth-order valence-corrected chi connectivity index (χ4v) is 4.41. The minimum absolute atomic E-state index is 0.0708. The number of nitrogens with zero attached hydrogens (tertiary/aromatic N) is 7. The maximum Gasteiger partial charge on any atom is 0.416 e. The number of amides is 1. The van der Waals surface area contributed by atoms with Crippen molar-refractivity contribution in [1.82, 2.24) is 39.3 Å². The summed E-state index contributed by atoms with van der Waals surface area (Å²) in [5.74, 6) is -1.41. The van der Waals surface area contributed by atoms with Crippen molar-refractivity contribution in [3.63, 3.8) is 0 Å². The standard InChI is InChI=1S/C25H23ClF4N8O3/c26-16-6-4-15(5-7-16)21-34-37(24(41)36(21)13-19(39)25(28,29)30)14-20-32-22(23(40)35-10-8-31-9-11-35)38(33-20)18-3-1-2-17(27)12-18/h1-7,12,19,31,39H,8-11,13-14H2. The first kappa shape index (κ1) is 28.4. The number of nitrogens with one attached hydrogen (secondary N) is 1. The lowest BCUT2D eigenvalue weighted by Crippen LogP contribution is -2.47. The molecule has 0 aliphatic carbocycles. The first-order valence-electron chi connectivity index (χ1n) is 12.4. The summed E-state index contributed by atoms with van der Waals surface area (Å²) in [5, 5.41) is 21.7. The number of hydrogen-bond donors (Lipinski definition) is 2. The van der Waals surface area contributed by atoms with Gasteiger partial charge in [-0.1, -0.05) is 17.7 Å². The van der Waals surface area contributed by atoms with Crippen LogP contribution in [-0.4, -0.2) is 83.5 Å². The van der Waals surface area contributed by atoms with E-state index in [1.807, 2.05) is 0 Å². The molecule has 3 heterocycles. The topological polar surface area (TPSA) is 123 Å². The predicted molar refractivity (Wildman–Crippen MR) is 138 cm³/mol. The van der Waals surface area contributed by atoms with Gasteiger partial charge in [0.05, 0.1) is 12.2 Å². The molecule has 5 rings (SSSR count). The van der Waals surface area contributed by atoms with Gasteiger partial charge < -0.3 is 15.3 Å². The molecule has 1 saturated heterocycles. The molecule has 41 heavy (non-hydrogen) atoms. The van der Waals surface area contributed by atoms with E-state index in [4.69, 9.17) is 11.6 Å². The van der Waals surface area contributed by atoms with Crippen LogP contribution in [-0.2, 0) is 13.1 Å². The molecule has 1 aliphatic rings. The Labute approximate surface area is 234 Å². The number of carbonyl (C=O) groups is 1. The van der Waals surface area contributed by atoms with Crippen molar-refractivity contribution < 1.29 is 27.5 Å². The second-order valence-corrected chi connectivity index (χ2v) is 9.66. The number of aromatic nitrogens is 6. The van der Waals surface area contributed by atoms with E-state index in [9.17, 15) is 32.3 Å². The van der Waals surface area contributed by atoms with Gasteiger partial charge in [0.1, 0.15) is 12.4 Å². The van der Waals surface area contributed by atoms with Gasteiger partial charge >= 0.3 is 11.9 Å². The second kappa shape index (κ2) is 11.4. The Morgan fingerprint density at radius 1 is 1.10 bits per heavy atom. The molecule has 16 heteroatoms. The number of alkyl halides is 3. The highest BCUT2D eigenvalue weighted by Gasteiger charge is 2.39. The van der Waals surface area contributed by atoms with Crippen LogP contribution in [0.4, 0.5) is 17.6 Å². The summed E-state index contributed by atoms with van der Waals surface area (Å²) in [4.78, 5) is 32.5. The molecule has 0 bridgehead atoms.